The predicted molar refractivity (Wildman–Crippen MR) is 102 cm³/mol. The molecule has 3 aromatic rings. The number of para-hydroxylation sites is 1. The molecule has 0 radical (unpaired) electrons. The van der Waals surface area contributed by atoms with Crippen molar-refractivity contribution in [2.24, 2.45) is 0 Å². The number of furan rings is 1. The summed E-state index contributed by atoms with van der Waals surface area (Å²) in [6.07, 6.45) is 7.73. The molecule has 1 aliphatic heterocycles. The first-order valence-corrected chi connectivity index (χ1v) is 9.26. The Morgan fingerprint density at radius 3 is 2.73 bits per heavy atom. The number of pyridine rings is 1. The van der Waals surface area contributed by atoms with Gasteiger partial charge < -0.3 is 9.32 Å². The van der Waals surface area contributed by atoms with E-state index in [9.17, 15) is 4.79 Å². The molecule has 0 bridgehead atoms. The van der Waals surface area contributed by atoms with E-state index in [4.69, 9.17) is 9.40 Å². The number of allylic oxidation sites excluding steroid dienone is 1. The van der Waals surface area contributed by atoms with E-state index >= 15 is 0 Å². The minimum atomic E-state index is 0.158. The SMILES string of the molecule is O=C(c1c2c(nc3ccccc13)/C(=C\c1ccco1)CCC2)N1CCC1. The van der Waals surface area contributed by atoms with Crippen molar-refractivity contribution in [3.8, 4) is 0 Å². The third kappa shape index (κ3) is 2.45. The van der Waals surface area contributed by atoms with Crippen LogP contribution in [0.15, 0.2) is 47.1 Å². The van der Waals surface area contributed by atoms with Gasteiger partial charge in [0.25, 0.3) is 5.91 Å². The van der Waals surface area contributed by atoms with Gasteiger partial charge in [0.05, 0.1) is 23.0 Å². The van der Waals surface area contributed by atoms with Crippen molar-refractivity contribution in [2.75, 3.05) is 13.1 Å². The molecule has 1 amide bonds. The monoisotopic (exact) mass is 344 g/mol. The zero-order valence-corrected chi connectivity index (χ0v) is 14.6. The largest absolute Gasteiger partial charge is 0.465 e. The number of aromatic nitrogens is 1. The van der Waals surface area contributed by atoms with E-state index in [0.29, 0.717) is 0 Å². The van der Waals surface area contributed by atoms with Crippen LogP contribution in [-0.4, -0.2) is 28.9 Å². The smallest absolute Gasteiger partial charge is 0.254 e. The highest BCUT2D eigenvalue weighted by Crippen LogP contribution is 2.37. The molecule has 1 fully saturated rings. The topological polar surface area (TPSA) is 46.3 Å². The Balaban J connectivity index is 1.74. The average molecular weight is 344 g/mol. The molecule has 4 heteroatoms. The summed E-state index contributed by atoms with van der Waals surface area (Å²) in [5, 5.41) is 0.974. The maximum Gasteiger partial charge on any atom is 0.254 e. The van der Waals surface area contributed by atoms with Crippen LogP contribution in [0.1, 0.15) is 46.6 Å². The predicted octanol–water partition coefficient (Wildman–Crippen LogP) is 4.55. The third-order valence-electron chi connectivity index (χ3n) is 5.39. The van der Waals surface area contributed by atoms with E-state index < -0.39 is 0 Å². The van der Waals surface area contributed by atoms with Crippen molar-refractivity contribution >= 4 is 28.5 Å². The van der Waals surface area contributed by atoms with Crippen LogP contribution in [0.5, 0.6) is 0 Å². The van der Waals surface area contributed by atoms with Gasteiger partial charge in [-0.1, -0.05) is 18.2 Å². The van der Waals surface area contributed by atoms with E-state index in [1.807, 2.05) is 41.3 Å². The van der Waals surface area contributed by atoms with Crippen LogP contribution < -0.4 is 0 Å². The Labute approximate surface area is 152 Å². The maximum atomic E-state index is 13.2. The zero-order valence-electron chi connectivity index (χ0n) is 14.6. The van der Waals surface area contributed by atoms with Crippen molar-refractivity contribution in [1.82, 2.24) is 9.88 Å². The lowest BCUT2D eigenvalue weighted by atomic mass is 9.85. The quantitative estimate of drug-likeness (QED) is 0.685. The summed E-state index contributed by atoms with van der Waals surface area (Å²) in [7, 11) is 0. The summed E-state index contributed by atoms with van der Waals surface area (Å²) in [6.45, 7) is 1.72. The van der Waals surface area contributed by atoms with Crippen LogP contribution >= 0.6 is 0 Å². The molecule has 5 rings (SSSR count). The lowest BCUT2D eigenvalue weighted by Gasteiger charge is -2.33. The molecule has 2 aliphatic rings. The molecule has 1 aromatic carbocycles. The van der Waals surface area contributed by atoms with Gasteiger partial charge in [-0.15, -0.1) is 0 Å². The van der Waals surface area contributed by atoms with Crippen molar-refractivity contribution in [2.45, 2.75) is 25.7 Å². The highest BCUT2D eigenvalue weighted by atomic mass is 16.3. The minimum absolute atomic E-state index is 0.158. The molecule has 130 valence electrons. The molecule has 4 nitrogen and oxygen atoms in total. The van der Waals surface area contributed by atoms with E-state index in [2.05, 4.69) is 6.08 Å². The molecule has 1 saturated heterocycles. The maximum absolute atomic E-state index is 13.2. The Hall–Kier alpha value is -2.88. The molecule has 0 unspecified atom stereocenters. The number of hydrogen-bond donors (Lipinski definition) is 0. The highest BCUT2D eigenvalue weighted by Gasteiger charge is 2.29. The second-order valence-electron chi connectivity index (χ2n) is 7.02. The molecule has 3 heterocycles. The molecular formula is C22H20N2O2. The molecule has 1 aliphatic carbocycles. The zero-order chi connectivity index (χ0) is 17.5. The van der Waals surface area contributed by atoms with Crippen LogP contribution in [0, 0.1) is 0 Å². The van der Waals surface area contributed by atoms with E-state index in [-0.39, 0.29) is 5.91 Å². The van der Waals surface area contributed by atoms with Crippen molar-refractivity contribution in [3.05, 3.63) is 65.2 Å². The number of nitrogens with zero attached hydrogens (tertiary/aromatic N) is 2. The summed E-state index contributed by atoms with van der Waals surface area (Å²) >= 11 is 0. The molecule has 0 saturated carbocycles. The molecule has 0 N–H and O–H groups in total. The molecular weight excluding hydrogens is 324 g/mol. The standard InChI is InChI=1S/C22H20N2O2/c25-22(24-11-5-12-24)20-17-8-1-2-10-19(17)23-21-15(6-3-9-18(20)21)14-16-7-4-13-26-16/h1-2,4,7-8,10,13-14H,3,5-6,9,11-12H2/b15-14-. The van der Waals surface area contributed by atoms with Gasteiger partial charge in [-0.3, -0.25) is 4.79 Å². The van der Waals surface area contributed by atoms with Crippen LogP contribution in [0.3, 0.4) is 0 Å². The van der Waals surface area contributed by atoms with Gasteiger partial charge >= 0.3 is 0 Å². The number of rotatable bonds is 2. The number of fused-ring (bicyclic) bond motifs is 2. The fraction of sp³-hybridized carbons (Fsp3) is 0.273. The Morgan fingerprint density at radius 1 is 1.08 bits per heavy atom. The number of hydrogen-bond acceptors (Lipinski definition) is 3. The van der Waals surface area contributed by atoms with Gasteiger partial charge in [0.15, 0.2) is 0 Å². The van der Waals surface area contributed by atoms with E-state index in [0.717, 1.165) is 77.8 Å². The van der Waals surface area contributed by atoms with Gasteiger partial charge in [0.2, 0.25) is 0 Å². The summed E-state index contributed by atoms with van der Waals surface area (Å²) in [5.41, 5.74) is 4.97. The second kappa shape index (κ2) is 6.13. The summed E-state index contributed by atoms with van der Waals surface area (Å²) in [6, 6.07) is 11.9. The van der Waals surface area contributed by atoms with Crippen LogP contribution in [0.25, 0.3) is 22.6 Å². The summed E-state index contributed by atoms with van der Waals surface area (Å²) < 4.78 is 5.50. The number of likely N-dealkylation sites (tertiary alicyclic amines) is 1. The van der Waals surface area contributed by atoms with Gasteiger partial charge in [0.1, 0.15) is 5.76 Å². The average Bonchev–Trinajstić information content (AvgIpc) is 3.11. The van der Waals surface area contributed by atoms with Crippen LogP contribution in [0.2, 0.25) is 0 Å². The number of carbonyl (C=O) groups is 1. The lowest BCUT2D eigenvalue weighted by Crippen LogP contribution is -2.42. The van der Waals surface area contributed by atoms with E-state index in [1.54, 1.807) is 6.26 Å². The van der Waals surface area contributed by atoms with Gasteiger partial charge in [-0.25, -0.2) is 4.98 Å². The number of benzene rings is 1. The Bertz CT molecular complexity index is 1010. The molecule has 2 aromatic heterocycles. The third-order valence-corrected chi connectivity index (χ3v) is 5.39. The van der Waals surface area contributed by atoms with Crippen molar-refractivity contribution in [3.63, 3.8) is 0 Å². The van der Waals surface area contributed by atoms with Crippen molar-refractivity contribution < 1.29 is 9.21 Å². The lowest BCUT2D eigenvalue weighted by molar-refractivity contribution is 0.0652. The fourth-order valence-electron chi connectivity index (χ4n) is 3.94. The summed E-state index contributed by atoms with van der Waals surface area (Å²) in [4.78, 5) is 20.1. The number of amides is 1. The Kier molecular flexibility index (Phi) is 3.63. The summed E-state index contributed by atoms with van der Waals surface area (Å²) in [5.74, 6) is 0.990. The fourth-order valence-corrected chi connectivity index (χ4v) is 3.94. The van der Waals surface area contributed by atoms with Crippen LogP contribution in [-0.2, 0) is 6.42 Å². The first-order chi connectivity index (χ1) is 12.8. The number of carbonyl (C=O) groups excluding carboxylic acids is 1. The highest BCUT2D eigenvalue weighted by molar-refractivity contribution is 6.09. The normalized spacial score (nSPS) is 18.0. The van der Waals surface area contributed by atoms with Gasteiger partial charge in [0, 0.05) is 18.5 Å². The Morgan fingerprint density at radius 2 is 1.96 bits per heavy atom. The van der Waals surface area contributed by atoms with E-state index in [1.165, 1.54) is 0 Å². The minimum Gasteiger partial charge on any atom is -0.465 e. The first-order valence-electron chi connectivity index (χ1n) is 9.26. The van der Waals surface area contributed by atoms with Gasteiger partial charge in [-0.05, 0) is 61.1 Å². The first kappa shape index (κ1) is 15.4. The van der Waals surface area contributed by atoms with Gasteiger partial charge in [-0.2, -0.15) is 0 Å². The van der Waals surface area contributed by atoms with Crippen LogP contribution in [0.4, 0.5) is 0 Å². The molecule has 0 spiro atoms. The second-order valence-corrected chi connectivity index (χ2v) is 7.02. The molecule has 26 heavy (non-hydrogen) atoms. The molecule has 0 atom stereocenters. The van der Waals surface area contributed by atoms with Crippen molar-refractivity contribution in [1.29, 1.82) is 0 Å².